The van der Waals surface area contributed by atoms with Gasteiger partial charge in [0.25, 0.3) is 0 Å². The van der Waals surface area contributed by atoms with Gasteiger partial charge < -0.3 is 21.3 Å². The van der Waals surface area contributed by atoms with Crippen LogP contribution in [0.25, 0.3) is 0 Å². The van der Waals surface area contributed by atoms with Crippen molar-refractivity contribution >= 4 is 6.09 Å². The number of amides is 1. The first-order valence-electron chi connectivity index (χ1n) is 6.00. The molecule has 0 aromatic carbocycles. The minimum atomic E-state index is -1.12. The van der Waals surface area contributed by atoms with Crippen LogP contribution < -0.4 is 11.1 Å². The van der Waals surface area contributed by atoms with E-state index in [1.807, 2.05) is 0 Å². The van der Waals surface area contributed by atoms with Crippen molar-refractivity contribution < 1.29 is 15.0 Å². The second-order valence-electron chi connectivity index (χ2n) is 4.66. The topological polar surface area (TPSA) is 95.6 Å². The summed E-state index contributed by atoms with van der Waals surface area (Å²) in [4.78, 5) is 10.3. The highest BCUT2D eigenvalue weighted by Crippen LogP contribution is 2.27. The van der Waals surface area contributed by atoms with E-state index in [2.05, 4.69) is 5.32 Å². The SMILES string of the molecule is N[C@@H](CC1CCCCC1)C(O)CNC(=O)O. The average molecular weight is 230 g/mol. The number of aliphatic hydroxyl groups is 1. The van der Waals surface area contributed by atoms with Crippen LogP contribution >= 0.6 is 0 Å². The molecule has 1 fully saturated rings. The Bertz CT molecular complexity index is 217. The molecular formula is C11H22N2O3. The number of hydrogen-bond donors (Lipinski definition) is 4. The Hall–Kier alpha value is -0.810. The standard InChI is InChI=1S/C11H22N2O3/c12-9(10(14)7-13-11(15)16)6-8-4-2-1-3-5-8/h8-10,13-14H,1-7,12H2,(H,15,16)/t9-,10?/m0/s1. The molecule has 1 saturated carbocycles. The van der Waals surface area contributed by atoms with Crippen LogP contribution in [-0.2, 0) is 0 Å². The van der Waals surface area contributed by atoms with E-state index < -0.39 is 12.2 Å². The number of nitrogens with two attached hydrogens (primary N) is 1. The molecular weight excluding hydrogens is 208 g/mol. The average Bonchev–Trinajstić information content (AvgIpc) is 2.27. The van der Waals surface area contributed by atoms with Crippen molar-refractivity contribution in [3.8, 4) is 0 Å². The molecule has 0 spiro atoms. The number of aliphatic hydroxyl groups excluding tert-OH is 1. The van der Waals surface area contributed by atoms with E-state index in [1.54, 1.807) is 0 Å². The summed E-state index contributed by atoms with van der Waals surface area (Å²) in [6, 6.07) is -0.324. The van der Waals surface area contributed by atoms with Gasteiger partial charge in [-0.15, -0.1) is 0 Å². The smallest absolute Gasteiger partial charge is 0.404 e. The third-order valence-corrected chi connectivity index (χ3v) is 3.29. The minimum Gasteiger partial charge on any atom is -0.465 e. The molecule has 0 saturated heterocycles. The molecule has 5 N–H and O–H groups in total. The molecule has 94 valence electrons. The van der Waals surface area contributed by atoms with Crippen molar-refractivity contribution in [3.05, 3.63) is 0 Å². The Morgan fingerprint density at radius 1 is 1.38 bits per heavy atom. The van der Waals surface area contributed by atoms with E-state index in [0.29, 0.717) is 5.92 Å². The van der Waals surface area contributed by atoms with Crippen molar-refractivity contribution in [2.45, 2.75) is 50.7 Å². The predicted molar refractivity (Wildman–Crippen MR) is 61.2 cm³/mol. The summed E-state index contributed by atoms with van der Waals surface area (Å²) in [6.07, 6.45) is 5.07. The first-order chi connectivity index (χ1) is 7.59. The maximum Gasteiger partial charge on any atom is 0.404 e. The van der Waals surface area contributed by atoms with Gasteiger partial charge in [0, 0.05) is 12.6 Å². The first kappa shape index (κ1) is 13.3. The Labute approximate surface area is 96.0 Å². The van der Waals surface area contributed by atoms with Crippen LogP contribution in [0.2, 0.25) is 0 Å². The Morgan fingerprint density at radius 2 is 2.00 bits per heavy atom. The molecule has 1 aliphatic rings. The molecule has 1 aliphatic carbocycles. The third kappa shape index (κ3) is 4.81. The van der Waals surface area contributed by atoms with Crippen LogP contribution in [0.15, 0.2) is 0 Å². The van der Waals surface area contributed by atoms with E-state index in [0.717, 1.165) is 6.42 Å². The Kier molecular flexibility index (Phi) is 5.55. The lowest BCUT2D eigenvalue weighted by molar-refractivity contribution is 0.121. The molecule has 1 rings (SSSR count). The highest BCUT2D eigenvalue weighted by molar-refractivity contribution is 5.64. The Morgan fingerprint density at radius 3 is 2.56 bits per heavy atom. The number of rotatable bonds is 5. The highest BCUT2D eigenvalue weighted by atomic mass is 16.4. The summed E-state index contributed by atoms with van der Waals surface area (Å²) in [5.74, 6) is 0.600. The molecule has 0 heterocycles. The van der Waals surface area contributed by atoms with Crippen molar-refractivity contribution in [2.24, 2.45) is 11.7 Å². The molecule has 0 aromatic rings. The van der Waals surface area contributed by atoms with Crippen LogP contribution in [0.1, 0.15) is 38.5 Å². The second kappa shape index (κ2) is 6.70. The lowest BCUT2D eigenvalue weighted by atomic mass is 9.84. The summed E-state index contributed by atoms with van der Waals surface area (Å²) in [6.45, 7) is 0.0171. The van der Waals surface area contributed by atoms with E-state index in [4.69, 9.17) is 10.8 Å². The third-order valence-electron chi connectivity index (χ3n) is 3.29. The number of hydrogen-bond acceptors (Lipinski definition) is 3. The zero-order chi connectivity index (χ0) is 12.0. The number of carbonyl (C=O) groups is 1. The number of carboxylic acid groups (broad SMARTS) is 1. The van der Waals surface area contributed by atoms with Crippen LogP contribution in [0, 0.1) is 5.92 Å². The van der Waals surface area contributed by atoms with Crippen molar-refractivity contribution in [3.63, 3.8) is 0 Å². The second-order valence-corrected chi connectivity index (χ2v) is 4.66. The van der Waals surface area contributed by atoms with Crippen LogP contribution in [0.4, 0.5) is 4.79 Å². The number of nitrogens with one attached hydrogen (secondary N) is 1. The zero-order valence-electron chi connectivity index (χ0n) is 9.56. The molecule has 5 heteroatoms. The molecule has 0 aliphatic heterocycles. The summed E-state index contributed by atoms with van der Waals surface area (Å²) < 4.78 is 0. The highest BCUT2D eigenvalue weighted by Gasteiger charge is 2.21. The summed E-state index contributed by atoms with van der Waals surface area (Å²) in [5, 5.41) is 20.2. The first-order valence-corrected chi connectivity index (χ1v) is 6.00. The van der Waals surface area contributed by atoms with Gasteiger partial charge in [-0.25, -0.2) is 4.79 Å². The van der Waals surface area contributed by atoms with E-state index in [-0.39, 0.29) is 12.6 Å². The van der Waals surface area contributed by atoms with E-state index in [9.17, 15) is 9.90 Å². The fourth-order valence-corrected chi connectivity index (χ4v) is 2.31. The molecule has 0 bridgehead atoms. The lowest BCUT2D eigenvalue weighted by Gasteiger charge is -2.26. The maximum atomic E-state index is 10.3. The quantitative estimate of drug-likeness (QED) is 0.564. The summed E-state index contributed by atoms with van der Waals surface area (Å²) >= 11 is 0. The monoisotopic (exact) mass is 230 g/mol. The lowest BCUT2D eigenvalue weighted by Crippen LogP contribution is -2.44. The van der Waals surface area contributed by atoms with Gasteiger partial charge in [-0.1, -0.05) is 32.1 Å². The van der Waals surface area contributed by atoms with Crippen LogP contribution in [0.3, 0.4) is 0 Å². The fraction of sp³-hybridized carbons (Fsp3) is 0.909. The Balaban J connectivity index is 2.21. The van der Waals surface area contributed by atoms with Crippen molar-refractivity contribution in [1.82, 2.24) is 5.32 Å². The molecule has 16 heavy (non-hydrogen) atoms. The molecule has 2 atom stereocenters. The van der Waals surface area contributed by atoms with Gasteiger partial charge in [-0.2, -0.15) is 0 Å². The molecule has 5 nitrogen and oxygen atoms in total. The predicted octanol–water partition coefficient (Wildman–Crippen LogP) is 0.913. The van der Waals surface area contributed by atoms with E-state index >= 15 is 0 Å². The van der Waals surface area contributed by atoms with Gasteiger partial charge in [0.15, 0.2) is 0 Å². The van der Waals surface area contributed by atoms with Gasteiger partial charge in [0.1, 0.15) is 0 Å². The normalized spacial score (nSPS) is 21.4. The van der Waals surface area contributed by atoms with Gasteiger partial charge in [-0.05, 0) is 12.3 Å². The molecule has 0 aromatic heterocycles. The van der Waals surface area contributed by atoms with E-state index in [1.165, 1.54) is 32.1 Å². The van der Waals surface area contributed by atoms with Gasteiger partial charge in [0.2, 0.25) is 0 Å². The molecule has 1 amide bonds. The fourth-order valence-electron chi connectivity index (χ4n) is 2.31. The van der Waals surface area contributed by atoms with Gasteiger partial charge in [-0.3, -0.25) is 0 Å². The summed E-state index contributed by atoms with van der Waals surface area (Å²) in [7, 11) is 0. The largest absolute Gasteiger partial charge is 0.465 e. The van der Waals surface area contributed by atoms with Crippen LogP contribution in [0.5, 0.6) is 0 Å². The maximum absolute atomic E-state index is 10.3. The summed E-state index contributed by atoms with van der Waals surface area (Å²) in [5.41, 5.74) is 5.85. The van der Waals surface area contributed by atoms with Crippen LogP contribution in [-0.4, -0.2) is 35.0 Å². The zero-order valence-corrected chi connectivity index (χ0v) is 9.56. The molecule has 0 radical (unpaired) electrons. The van der Waals surface area contributed by atoms with Crippen molar-refractivity contribution in [1.29, 1.82) is 0 Å². The van der Waals surface area contributed by atoms with Gasteiger partial charge >= 0.3 is 6.09 Å². The van der Waals surface area contributed by atoms with Crippen molar-refractivity contribution in [2.75, 3.05) is 6.54 Å². The molecule has 1 unspecified atom stereocenters. The van der Waals surface area contributed by atoms with Gasteiger partial charge in [0.05, 0.1) is 6.10 Å². The minimum absolute atomic E-state index is 0.0171.